The predicted octanol–water partition coefficient (Wildman–Crippen LogP) is 3.26. The number of rotatable bonds is 2. The SMILES string of the molecule is COC(=O)c1cccc(C2C(N)=Nc3ccc(Cl)cc32)c1. The smallest absolute Gasteiger partial charge is 0.337 e. The zero-order chi connectivity index (χ0) is 15.0. The number of methoxy groups -OCH3 is 1. The Balaban J connectivity index is 2.08. The zero-order valence-electron chi connectivity index (χ0n) is 11.3. The van der Waals surface area contributed by atoms with Crippen LogP contribution in [0.25, 0.3) is 0 Å². The van der Waals surface area contributed by atoms with Crippen molar-refractivity contribution in [3.8, 4) is 0 Å². The molecule has 0 spiro atoms. The molecule has 3 rings (SSSR count). The quantitative estimate of drug-likeness (QED) is 0.866. The van der Waals surface area contributed by atoms with Crippen molar-refractivity contribution in [2.45, 2.75) is 5.92 Å². The number of halogens is 1. The molecule has 0 saturated heterocycles. The van der Waals surface area contributed by atoms with Gasteiger partial charge in [-0.25, -0.2) is 9.79 Å². The lowest BCUT2D eigenvalue weighted by Gasteiger charge is -2.14. The van der Waals surface area contributed by atoms with Crippen LogP contribution >= 0.6 is 11.6 Å². The average Bonchev–Trinajstić information content (AvgIpc) is 2.81. The first-order chi connectivity index (χ1) is 10.1. The van der Waals surface area contributed by atoms with Crippen LogP contribution in [0.2, 0.25) is 5.02 Å². The summed E-state index contributed by atoms with van der Waals surface area (Å²) in [7, 11) is 1.36. The van der Waals surface area contributed by atoms with E-state index >= 15 is 0 Å². The fourth-order valence-electron chi connectivity index (χ4n) is 2.53. The van der Waals surface area contributed by atoms with E-state index in [0.29, 0.717) is 16.4 Å². The first-order valence-corrected chi connectivity index (χ1v) is 6.79. The minimum atomic E-state index is -0.378. The second kappa shape index (κ2) is 5.22. The van der Waals surface area contributed by atoms with E-state index in [-0.39, 0.29) is 11.9 Å². The molecule has 0 bridgehead atoms. The normalized spacial score (nSPS) is 16.3. The van der Waals surface area contributed by atoms with Crippen LogP contribution in [0.4, 0.5) is 5.69 Å². The Morgan fingerprint density at radius 3 is 2.86 bits per heavy atom. The molecule has 0 amide bonds. The van der Waals surface area contributed by atoms with Crippen LogP contribution in [0.5, 0.6) is 0 Å². The van der Waals surface area contributed by atoms with Crippen molar-refractivity contribution in [2.75, 3.05) is 7.11 Å². The second-order valence-electron chi connectivity index (χ2n) is 4.79. The van der Waals surface area contributed by atoms with E-state index in [4.69, 9.17) is 22.1 Å². The van der Waals surface area contributed by atoms with E-state index in [1.807, 2.05) is 18.2 Å². The largest absolute Gasteiger partial charge is 0.465 e. The molecule has 1 aliphatic heterocycles. The van der Waals surface area contributed by atoms with Crippen molar-refractivity contribution < 1.29 is 9.53 Å². The summed E-state index contributed by atoms with van der Waals surface area (Å²) in [4.78, 5) is 16.0. The number of ether oxygens (including phenoxy) is 1. The molecule has 0 radical (unpaired) electrons. The highest BCUT2D eigenvalue weighted by atomic mass is 35.5. The van der Waals surface area contributed by atoms with Gasteiger partial charge < -0.3 is 10.5 Å². The van der Waals surface area contributed by atoms with Gasteiger partial charge in [-0.05, 0) is 41.5 Å². The van der Waals surface area contributed by atoms with Crippen molar-refractivity contribution >= 4 is 29.1 Å². The van der Waals surface area contributed by atoms with E-state index in [0.717, 1.165) is 16.8 Å². The van der Waals surface area contributed by atoms with Gasteiger partial charge in [0.15, 0.2) is 0 Å². The average molecular weight is 301 g/mol. The number of benzene rings is 2. The minimum Gasteiger partial charge on any atom is -0.465 e. The first kappa shape index (κ1) is 13.6. The van der Waals surface area contributed by atoms with Crippen molar-refractivity contribution in [1.29, 1.82) is 0 Å². The molecule has 0 aromatic heterocycles. The summed E-state index contributed by atoms with van der Waals surface area (Å²) in [5.41, 5.74) is 9.19. The second-order valence-corrected chi connectivity index (χ2v) is 5.23. The van der Waals surface area contributed by atoms with Crippen LogP contribution in [0, 0.1) is 0 Å². The fraction of sp³-hybridized carbons (Fsp3) is 0.125. The third kappa shape index (κ3) is 2.38. The summed E-state index contributed by atoms with van der Waals surface area (Å²) in [6.45, 7) is 0. The number of nitrogens with two attached hydrogens (primary N) is 1. The highest BCUT2D eigenvalue weighted by Gasteiger charge is 2.27. The van der Waals surface area contributed by atoms with Crippen LogP contribution in [-0.2, 0) is 4.74 Å². The number of hydrogen-bond donors (Lipinski definition) is 1. The van der Waals surface area contributed by atoms with Crippen LogP contribution in [-0.4, -0.2) is 18.9 Å². The maximum Gasteiger partial charge on any atom is 0.337 e. The molecule has 0 fully saturated rings. The number of carbonyl (C=O) groups excluding carboxylic acids is 1. The fourth-order valence-corrected chi connectivity index (χ4v) is 2.72. The Bertz CT molecular complexity index is 756. The van der Waals surface area contributed by atoms with Crippen molar-refractivity contribution in [1.82, 2.24) is 0 Å². The van der Waals surface area contributed by atoms with E-state index in [9.17, 15) is 4.79 Å². The zero-order valence-corrected chi connectivity index (χ0v) is 12.1. The van der Waals surface area contributed by atoms with Crippen molar-refractivity contribution in [3.05, 3.63) is 64.2 Å². The van der Waals surface area contributed by atoms with Crippen LogP contribution in [0.15, 0.2) is 47.5 Å². The number of fused-ring (bicyclic) bond motifs is 1. The molecule has 2 aromatic carbocycles. The summed E-state index contributed by atoms with van der Waals surface area (Å²) >= 11 is 6.06. The molecule has 2 N–H and O–H groups in total. The van der Waals surface area contributed by atoms with E-state index in [1.165, 1.54) is 7.11 Å². The molecule has 1 aliphatic rings. The van der Waals surface area contributed by atoms with Gasteiger partial charge in [-0.3, -0.25) is 0 Å². The van der Waals surface area contributed by atoms with Gasteiger partial charge in [0.25, 0.3) is 0 Å². The Labute approximate surface area is 127 Å². The molecule has 5 heteroatoms. The molecule has 4 nitrogen and oxygen atoms in total. The molecule has 106 valence electrons. The van der Waals surface area contributed by atoms with Gasteiger partial charge in [0.1, 0.15) is 5.84 Å². The molecular formula is C16H13ClN2O2. The molecule has 21 heavy (non-hydrogen) atoms. The predicted molar refractivity (Wildman–Crippen MR) is 82.4 cm³/mol. The summed E-state index contributed by atoms with van der Waals surface area (Å²) in [6, 6.07) is 12.7. The Morgan fingerprint density at radius 2 is 2.10 bits per heavy atom. The molecule has 0 aliphatic carbocycles. The summed E-state index contributed by atoms with van der Waals surface area (Å²) < 4.78 is 4.75. The lowest BCUT2D eigenvalue weighted by molar-refractivity contribution is 0.0600. The van der Waals surface area contributed by atoms with Crippen molar-refractivity contribution in [2.24, 2.45) is 10.7 Å². The number of amidine groups is 1. The molecule has 1 heterocycles. The monoisotopic (exact) mass is 300 g/mol. The third-order valence-electron chi connectivity index (χ3n) is 3.49. The lowest BCUT2D eigenvalue weighted by Crippen LogP contribution is -2.19. The highest BCUT2D eigenvalue weighted by molar-refractivity contribution is 6.30. The van der Waals surface area contributed by atoms with Gasteiger partial charge in [0, 0.05) is 5.02 Å². The van der Waals surface area contributed by atoms with Gasteiger partial charge in [-0.15, -0.1) is 0 Å². The number of nitrogens with zero attached hydrogens (tertiary/aromatic N) is 1. The standard InChI is InChI=1S/C16H13ClN2O2/c1-21-16(20)10-4-2-3-9(7-10)14-12-8-11(17)5-6-13(12)19-15(14)18/h2-8,14H,1H3,(H2,18,19). The topological polar surface area (TPSA) is 64.7 Å². The molecule has 0 saturated carbocycles. The number of esters is 1. The summed E-state index contributed by atoms with van der Waals surface area (Å²) in [6.07, 6.45) is 0. The van der Waals surface area contributed by atoms with Gasteiger partial charge in [0.2, 0.25) is 0 Å². The summed E-state index contributed by atoms with van der Waals surface area (Å²) in [5.74, 6) is -0.0748. The van der Waals surface area contributed by atoms with Gasteiger partial charge in [-0.1, -0.05) is 23.7 Å². The molecule has 1 unspecified atom stereocenters. The van der Waals surface area contributed by atoms with Crippen LogP contribution in [0.3, 0.4) is 0 Å². The number of hydrogen-bond acceptors (Lipinski definition) is 4. The van der Waals surface area contributed by atoms with Gasteiger partial charge in [-0.2, -0.15) is 0 Å². The van der Waals surface area contributed by atoms with Gasteiger partial charge >= 0.3 is 5.97 Å². The molecular weight excluding hydrogens is 288 g/mol. The van der Waals surface area contributed by atoms with Crippen LogP contribution in [0.1, 0.15) is 27.4 Å². The van der Waals surface area contributed by atoms with E-state index < -0.39 is 0 Å². The summed E-state index contributed by atoms with van der Waals surface area (Å²) in [5, 5.41) is 0.632. The van der Waals surface area contributed by atoms with Gasteiger partial charge in [0.05, 0.1) is 24.3 Å². The minimum absolute atomic E-state index is 0.191. The Hall–Kier alpha value is -2.33. The maximum absolute atomic E-state index is 11.7. The molecule has 1 atom stereocenters. The maximum atomic E-state index is 11.7. The highest BCUT2D eigenvalue weighted by Crippen LogP contribution is 2.39. The van der Waals surface area contributed by atoms with E-state index in [1.54, 1.807) is 24.3 Å². The first-order valence-electron chi connectivity index (χ1n) is 6.42. The molecule has 2 aromatic rings. The third-order valence-corrected chi connectivity index (χ3v) is 3.72. The number of aliphatic imine (C=N–C) groups is 1. The lowest BCUT2D eigenvalue weighted by atomic mass is 9.90. The van der Waals surface area contributed by atoms with E-state index in [2.05, 4.69) is 4.99 Å². The Kier molecular flexibility index (Phi) is 3.39. The van der Waals surface area contributed by atoms with Crippen LogP contribution < -0.4 is 5.73 Å². The number of carbonyl (C=O) groups is 1. The van der Waals surface area contributed by atoms with Crippen molar-refractivity contribution in [3.63, 3.8) is 0 Å². The Morgan fingerprint density at radius 1 is 1.29 bits per heavy atom.